The van der Waals surface area contributed by atoms with Crippen LogP contribution in [0.25, 0.3) is 0 Å². The number of nitrogens with one attached hydrogen (secondary N) is 2. The molecule has 1 heterocycles. The van der Waals surface area contributed by atoms with Gasteiger partial charge >= 0.3 is 0 Å². The van der Waals surface area contributed by atoms with Gasteiger partial charge in [0.1, 0.15) is 5.82 Å². The van der Waals surface area contributed by atoms with Crippen LogP contribution in [-0.4, -0.2) is 18.4 Å². The molecule has 24 heavy (non-hydrogen) atoms. The second-order valence-electron chi connectivity index (χ2n) is 5.50. The molecule has 2 aromatic rings. The van der Waals surface area contributed by atoms with Crippen molar-refractivity contribution in [3.05, 3.63) is 58.8 Å². The van der Waals surface area contributed by atoms with Crippen LogP contribution in [0.4, 0.5) is 15.8 Å². The first-order valence-electron chi connectivity index (χ1n) is 7.40. The number of hydrogen-bond acceptors (Lipinski definition) is 3. The number of hydrogen-bond donors (Lipinski definition) is 2. The van der Waals surface area contributed by atoms with Crippen LogP contribution >= 0.6 is 15.9 Å². The smallest absolute Gasteiger partial charge is 0.243 e. The quantitative estimate of drug-likeness (QED) is 0.787. The highest BCUT2D eigenvalue weighted by molar-refractivity contribution is 9.10. The highest BCUT2D eigenvalue weighted by Crippen LogP contribution is 2.26. The van der Waals surface area contributed by atoms with Crippen molar-refractivity contribution in [2.75, 3.05) is 16.9 Å². The van der Waals surface area contributed by atoms with Crippen molar-refractivity contribution in [2.24, 2.45) is 5.92 Å². The Kier molecular flexibility index (Phi) is 4.80. The van der Waals surface area contributed by atoms with E-state index in [4.69, 9.17) is 0 Å². The van der Waals surface area contributed by atoms with E-state index < -0.39 is 5.92 Å². The number of carbonyl (C=O) groups excluding carboxylic acids is 2. The van der Waals surface area contributed by atoms with E-state index in [1.54, 1.807) is 4.90 Å². The van der Waals surface area contributed by atoms with E-state index in [-0.39, 0.29) is 24.1 Å². The molecule has 1 fully saturated rings. The van der Waals surface area contributed by atoms with E-state index in [1.807, 2.05) is 24.3 Å². The van der Waals surface area contributed by atoms with Crippen molar-refractivity contribution in [3.63, 3.8) is 0 Å². The predicted molar refractivity (Wildman–Crippen MR) is 92.8 cm³/mol. The maximum atomic E-state index is 12.8. The number of amides is 2. The van der Waals surface area contributed by atoms with E-state index in [2.05, 4.69) is 26.8 Å². The number of rotatable bonds is 4. The van der Waals surface area contributed by atoms with Crippen LogP contribution in [0, 0.1) is 11.7 Å². The highest BCUT2D eigenvalue weighted by atomic mass is 79.9. The number of hydrazine groups is 1. The third-order valence-electron chi connectivity index (χ3n) is 3.81. The molecule has 1 aliphatic heterocycles. The lowest BCUT2D eigenvalue weighted by Gasteiger charge is -2.17. The molecule has 124 valence electrons. The summed E-state index contributed by atoms with van der Waals surface area (Å²) in [5.74, 6) is -1.14. The highest BCUT2D eigenvalue weighted by Gasteiger charge is 2.35. The molecule has 0 aromatic heterocycles. The predicted octanol–water partition coefficient (Wildman–Crippen LogP) is 3.08. The average Bonchev–Trinajstić information content (AvgIpc) is 2.97. The van der Waals surface area contributed by atoms with Crippen LogP contribution in [0.15, 0.2) is 53.0 Å². The van der Waals surface area contributed by atoms with Gasteiger partial charge in [-0.2, -0.15) is 0 Å². The molecule has 0 unspecified atom stereocenters. The standard InChI is InChI=1S/C17H15BrFN3O2/c18-12-1-7-15(8-2-12)22-10-11(9-16(22)23)17(24)21-20-14-5-3-13(19)4-6-14/h1-8,11,20H,9-10H2,(H,21,24)/t11-/m1/s1. The maximum absolute atomic E-state index is 12.8. The van der Waals surface area contributed by atoms with Gasteiger partial charge in [0.15, 0.2) is 0 Å². The Labute approximate surface area is 146 Å². The molecule has 0 aliphatic carbocycles. The number of halogens is 2. The van der Waals surface area contributed by atoms with Gasteiger partial charge in [0.25, 0.3) is 0 Å². The second-order valence-corrected chi connectivity index (χ2v) is 6.42. The summed E-state index contributed by atoms with van der Waals surface area (Å²) in [5, 5.41) is 0. The SMILES string of the molecule is O=C(NNc1ccc(F)cc1)[C@@H]1CC(=O)N(c2ccc(Br)cc2)C1. The third kappa shape index (κ3) is 3.73. The van der Waals surface area contributed by atoms with E-state index in [9.17, 15) is 14.0 Å². The largest absolute Gasteiger partial charge is 0.312 e. The number of anilines is 2. The zero-order chi connectivity index (χ0) is 17.1. The van der Waals surface area contributed by atoms with Crippen LogP contribution in [0.5, 0.6) is 0 Å². The first-order valence-corrected chi connectivity index (χ1v) is 8.19. The Morgan fingerprint density at radius 2 is 1.79 bits per heavy atom. The van der Waals surface area contributed by atoms with Crippen molar-refractivity contribution in [3.8, 4) is 0 Å². The van der Waals surface area contributed by atoms with Gasteiger partial charge in [-0.25, -0.2) is 4.39 Å². The molecule has 5 nitrogen and oxygen atoms in total. The maximum Gasteiger partial charge on any atom is 0.243 e. The molecule has 1 atom stereocenters. The fraction of sp³-hybridized carbons (Fsp3) is 0.176. The zero-order valence-corrected chi connectivity index (χ0v) is 14.2. The molecule has 2 aromatic carbocycles. The van der Waals surface area contributed by atoms with E-state index in [0.29, 0.717) is 12.2 Å². The molecule has 1 aliphatic rings. The molecule has 0 spiro atoms. The molecule has 0 radical (unpaired) electrons. The van der Waals surface area contributed by atoms with E-state index >= 15 is 0 Å². The Morgan fingerprint density at radius 1 is 1.12 bits per heavy atom. The van der Waals surface area contributed by atoms with Gasteiger partial charge < -0.3 is 4.90 Å². The lowest BCUT2D eigenvalue weighted by molar-refractivity contribution is -0.125. The minimum atomic E-state index is -0.436. The van der Waals surface area contributed by atoms with Gasteiger partial charge in [0, 0.05) is 23.1 Å². The van der Waals surface area contributed by atoms with Gasteiger partial charge in [-0.15, -0.1) is 0 Å². The van der Waals surface area contributed by atoms with Crippen molar-refractivity contribution >= 4 is 39.1 Å². The average molecular weight is 392 g/mol. The van der Waals surface area contributed by atoms with Gasteiger partial charge in [-0.3, -0.25) is 20.4 Å². The molecule has 2 N–H and O–H groups in total. The normalized spacial score (nSPS) is 17.0. The van der Waals surface area contributed by atoms with Gasteiger partial charge in [0.05, 0.1) is 11.6 Å². The third-order valence-corrected chi connectivity index (χ3v) is 4.34. The van der Waals surface area contributed by atoms with Crippen LogP contribution in [0.1, 0.15) is 6.42 Å². The summed E-state index contributed by atoms with van der Waals surface area (Å²) in [6, 6.07) is 13.0. The van der Waals surface area contributed by atoms with Crippen molar-refractivity contribution in [1.82, 2.24) is 5.43 Å². The molecule has 3 rings (SSSR count). The summed E-state index contributed by atoms with van der Waals surface area (Å²) in [6.45, 7) is 0.331. The molecular weight excluding hydrogens is 377 g/mol. The number of nitrogens with zero attached hydrogens (tertiary/aromatic N) is 1. The molecule has 0 saturated carbocycles. The van der Waals surface area contributed by atoms with Crippen molar-refractivity contribution in [1.29, 1.82) is 0 Å². The molecule has 0 bridgehead atoms. The van der Waals surface area contributed by atoms with E-state index in [0.717, 1.165) is 10.2 Å². The van der Waals surface area contributed by atoms with Crippen molar-refractivity contribution in [2.45, 2.75) is 6.42 Å². The summed E-state index contributed by atoms with van der Waals surface area (Å²) in [7, 11) is 0. The zero-order valence-electron chi connectivity index (χ0n) is 12.6. The minimum absolute atomic E-state index is 0.0840. The minimum Gasteiger partial charge on any atom is -0.312 e. The van der Waals surface area contributed by atoms with Crippen LogP contribution in [-0.2, 0) is 9.59 Å². The first kappa shape index (κ1) is 16.4. The van der Waals surface area contributed by atoms with Crippen molar-refractivity contribution < 1.29 is 14.0 Å². The molecule has 1 saturated heterocycles. The van der Waals surface area contributed by atoms with Crippen LogP contribution < -0.4 is 15.8 Å². The summed E-state index contributed by atoms with van der Waals surface area (Å²) in [5.41, 5.74) is 6.62. The Morgan fingerprint density at radius 3 is 2.46 bits per heavy atom. The molecule has 7 heteroatoms. The fourth-order valence-corrected chi connectivity index (χ4v) is 2.79. The first-order chi connectivity index (χ1) is 11.5. The molecular formula is C17H15BrFN3O2. The lowest BCUT2D eigenvalue weighted by atomic mass is 10.1. The summed E-state index contributed by atoms with van der Waals surface area (Å²) in [6.07, 6.45) is 0.160. The second kappa shape index (κ2) is 7.00. The van der Waals surface area contributed by atoms with Crippen LogP contribution in [0.3, 0.4) is 0 Å². The Bertz CT molecular complexity index is 749. The summed E-state index contributed by atoms with van der Waals surface area (Å²) < 4.78 is 13.8. The van der Waals surface area contributed by atoms with Crippen LogP contribution in [0.2, 0.25) is 0 Å². The Hall–Kier alpha value is -2.41. The topological polar surface area (TPSA) is 61.4 Å². The Balaban J connectivity index is 1.59. The number of benzene rings is 2. The monoisotopic (exact) mass is 391 g/mol. The molecule has 2 amide bonds. The van der Waals surface area contributed by atoms with Gasteiger partial charge in [0.2, 0.25) is 11.8 Å². The lowest BCUT2D eigenvalue weighted by Crippen LogP contribution is -2.36. The fourth-order valence-electron chi connectivity index (χ4n) is 2.52. The number of carbonyl (C=O) groups is 2. The summed E-state index contributed by atoms with van der Waals surface area (Å²) in [4.78, 5) is 26.0. The summed E-state index contributed by atoms with van der Waals surface area (Å²) >= 11 is 3.35. The van der Waals surface area contributed by atoms with Gasteiger partial charge in [-0.05, 0) is 48.5 Å². The van der Waals surface area contributed by atoms with Gasteiger partial charge in [-0.1, -0.05) is 15.9 Å². The van der Waals surface area contributed by atoms with E-state index in [1.165, 1.54) is 24.3 Å².